The standard InChI is InChI=1S/C23H21FN4OS/c1-29-19-11-16(24)7-8-18(19)27-22-21-17-9-10-28(12-15-5-3-2-4-6-15)13-20(17)30-23(21)26-14-25-22/h2-8,11,14H,9-10,12-13H2,1H3,(H,25,26,27). The fourth-order valence-electron chi connectivity index (χ4n) is 3.95. The third-order valence-corrected chi connectivity index (χ3v) is 6.51. The second kappa shape index (κ2) is 8.01. The van der Waals surface area contributed by atoms with Crippen LogP contribution >= 0.6 is 11.3 Å². The van der Waals surface area contributed by atoms with E-state index in [1.165, 1.54) is 35.2 Å². The van der Waals surface area contributed by atoms with E-state index >= 15 is 0 Å². The van der Waals surface area contributed by atoms with E-state index in [2.05, 4.69) is 44.5 Å². The summed E-state index contributed by atoms with van der Waals surface area (Å²) in [5, 5.41) is 4.39. The van der Waals surface area contributed by atoms with Crippen molar-refractivity contribution in [2.24, 2.45) is 0 Å². The van der Waals surface area contributed by atoms with Gasteiger partial charge in [0.05, 0.1) is 18.2 Å². The van der Waals surface area contributed by atoms with Gasteiger partial charge >= 0.3 is 0 Å². The van der Waals surface area contributed by atoms with Crippen LogP contribution in [0.5, 0.6) is 5.75 Å². The second-order valence-electron chi connectivity index (χ2n) is 7.32. The number of anilines is 2. The maximum absolute atomic E-state index is 13.6. The van der Waals surface area contributed by atoms with Crippen molar-refractivity contribution in [3.05, 3.63) is 76.7 Å². The topological polar surface area (TPSA) is 50.3 Å². The van der Waals surface area contributed by atoms with E-state index in [1.54, 1.807) is 23.7 Å². The summed E-state index contributed by atoms with van der Waals surface area (Å²) in [5.41, 5.74) is 3.32. The molecule has 1 N–H and O–H groups in total. The van der Waals surface area contributed by atoms with E-state index in [4.69, 9.17) is 4.74 Å². The van der Waals surface area contributed by atoms with Crippen LogP contribution in [-0.2, 0) is 19.5 Å². The molecule has 0 fully saturated rings. The Labute approximate surface area is 178 Å². The molecule has 4 aromatic rings. The lowest BCUT2D eigenvalue weighted by Gasteiger charge is -2.27. The molecule has 0 bridgehead atoms. The monoisotopic (exact) mass is 420 g/mol. The van der Waals surface area contributed by atoms with E-state index in [9.17, 15) is 4.39 Å². The van der Waals surface area contributed by atoms with Crippen LogP contribution < -0.4 is 10.1 Å². The molecule has 2 aromatic heterocycles. The molecule has 2 aromatic carbocycles. The van der Waals surface area contributed by atoms with Gasteiger partial charge in [-0.05, 0) is 29.7 Å². The largest absolute Gasteiger partial charge is 0.494 e. The number of nitrogens with zero attached hydrogens (tertiary/aromatic N) is 3. The molecule has 0 saturated heterocycles. The Morgan fingerprint density at radius 1 is 1.17 bits per heavy atom. The summed E-state index contributed by atoms with van der Waals surface area (Å²) in [6.07, 6.45) is 2.52. The number of fused-ring (bicyclic) bond motifs is 3. The summed E-state index contributed by atoms with van der Waals surface area (Å²) in [4.78, 5) is 13.8. The summed E-state index contributed by atoms with van der Waals surface area (Å²) in [7, 11) is 1.53. The van der Waals surface area contributed by atoms with Crippen LogP contribution in [0.3, 0.4) is 0 Å². The van der Waals surface area contributed by atoms with Crippen LogP contribution in [0.15, 0.2) is 54.9 Å². The molecule has 0 radical (unpaired) electrons. The number of benzene rings is 2. The van der Waals surface area contributed by atoms with Crippen molar-refractivity contribution in [3.8, 4) is 5.75 Å². The van der Waals surface area contributed by atoms with Gasteiger partial charge in [-0.25, -0.2) is 14.4 Å². The SMILES string of the molecule is COc1cc(F)ccc1Nc1ncnc2sc3c(c12)CCN(Cc1ccccc1)C3. The predicted molar refractivity (Wildman–Crippen MR) is 118 cm³/mol. The highest BCUT2D eigenvalue weighted by molar-refractivity contribution is 7.19. The second-order valence-corrected chi connectivity index (χ2v) is 8.41. The number of methoxy groups -OCH3 is 1. The Kier molecular flexibility index (Phi) is 5.06. The van der Waals surface area contributed by atoms with Gasteiger partial charge in [0.25, 0.3) is 0 Å². The molecule has 0 aliphatic carbocycles. The van der Waals surface area contributed by atoms with Gasteiger partial charge in [0.1, 0.15) is 28.5 Å². The Morgan fingerprint density at radius 3 is 2.87 bits per heavy atom. The van der Waals surface area contributed by atoms with Gasteiger partial charge < -0.3 is 10.1 Å². The maximum Gasteiger partial charge on any atom is 0.145 e. The van der Waals surface area contributed by atoms with Crippen LogP contribution in [0.1, 0.15) is 16.0 Å². The van der Waals surface area contributed by atoms with Crippen molar-refractivity contribution >= 4 is 33.1 Å². The van der Waals surface area contributed by atoms with Crippen LogP contribution in [0.2, 0.25) is 0 Å². The van der Waals surface area contributed by atoms with E-state index in [-0.39, 0.29) is 5.82 Å². The minimum absolute atomic E-state index is 0.336. The fraction of sp³-hybridized carbons (Fsp3) is 0.217. The van der Waals surface area contributed by atoms with E-state index < -0.39 is 0 Å². The summed E-state index contributed by atoms with van der Waals surface area (Å²) in [6.45, 7) is 2.84. The normalized spacial score (nSPS) is 13.9. The average molecular weight is 421 g/mol. The molecule has 0 saturated carbocycles. The maximum atomic E-state index is 13.6. The molecule has 5 rings (SSSR count). The van der Waals surface area contributed by atoms with Gasteiger partial charge in [0.15, 0.2) is 0 Å². The van der Waals surface area contributed by atoms with E-state index in [0.29, 0.717) is 11.4 Å². The zero-order valence-electron chi connectivity index (χ0n) is 16.6. The van der Waals surface area contributed by atoms with Gasteiger partial charge in [-0.3, -0.25) is 4.90 Å². The van der Waals surface area contributed by atoms with Crippen molar-refractivity contribution in [1.82, 2.24) is 14.9 Å². The Hall–Kier alpha value is -3.03. The van der Waals surface area contributed by atoms with Crippen LogP contribution in [0, 0.1) is 5.82 Å². The number of hydrogen-bond donors (Lipinski definition) is 1. The molecule has 0 unspecified atom stereocenters. The van der Waals surface area contributed by atoms with Crippen molar-refractivity contribution in [2.75, 3.05) is 19.0 Å². The lowest BCUT2D eigenvalue weighted by Crippen LogP contribution is -2.29. The van der Waals surface area contributed by atoms with Gasteiger partial charge in [-0.2, -0.15) is 0 Å². The first kappa shape index (κ1) is 19.0. The highest BCUT2D eigenvalue weighted by atomic mass is 32.1. The molecule has 0 amide bonds. The zero-order valence-corrected chi connectivity index (χ0v) is 17.4. The van der Waals surface area contributed by atoms with Crippen molar-refractivity contribution in [2.45, 2.75) is 19.5 Å². The summed E-state index contributed by atoms with van der Waals surface area (Å²) >= 11 is 1.73. The molecular formula is C23H21FN4OS. The molecule has 1 aliphatic heterocycles. The Balaban J connectivity index is 1.46. The van der Waals surface area contributed by atoms with Gasteiger partial charge in [0.2, 0.25) is 0 Å². The lowest BCUT2D eigenvalue weighted by molar-refractivity contribution is 0.249. The van der Waals surface area contributed by atoms with Crippen LogP contribution in [0.4, 0.5) is 15.9 Å². The average Bonchev–Trinajstić information content (AvgIpc) is 3.14. The fourth-order valence-corrected chi connectivity index (χ4v) is 5.18. The predicted octanol–water partition coefficient (Wildman–Crippen LogP) is 5.14. The minimum Gasteiger partial charge on any atom is -0.494 e. The summed E-state index contributed by atoms with van der Waals surface area (Å²) < 4.78 is 18.9. The van der Waals surface area contributed by atoms with Gasteiger partial charge in [-0.15, -0.1) is 11.3 Å². The zero-order chi connectivity index (χ0) is 20.5. The lowest BCUT2D eigenvalue weighted by atomic mass is 10.0. The third kappa shape index (κ3) is 3.62. The highest BCUT2D eigenvalue weighted by Gasteiger charge is 2.24. The van der Waals surface area contributed by atoms with Crippen molar-refractivity contribution < 1.29 is 9.13 Å². The molecule has 0 atom stereocenters. The van der Waals surface area contributed by atoms with Gasteiger partial charge in [-0.1, -0.05) is 30.3 Å². The van der Waals surface area contributed by atoms with Crippen molar-refractivity contribution in [1.29, 1.82) is 0 Å². The van der Waals surface area contributed by atoms with E-state index in [1.807, 2.05) is 6.07 Å². The number of hydrogen-bond acceptors (Lipinski definition) is 6. The number of halogens is 1. The first-order chi connectivity index (χ1) is 14.7. The van der Waals surface area contributed by atoms with E-state index in [0.717, 1.165) is 42.1 Å². The van der Waals surface area contributed by atoms with Crippen LogP contribution in [-0.4, -0.2) is 28.5 Å². The molecule has 7 heteroatoms. The minimum atomic E-state index is -0.336. The Morgan fingerprint density at radius 2 is 2.03 bits per heavy atom. The third-order valence-electron chi connectivity index (χ3n) is 5.38. The number of thiophene rings is 1. The first-order valence-electron chi connectivity index (χ1n) is 9.83. The Bertz CT molecular complexity index is 1190. The summed E-state index contributed by atoms with van der Waals surface area (Å²) in [6, 6.07) is 15.0. The molecule has 3 heterocycles. The molecule has 0 spiro atoms. The highest BCUT2D eigenvalue weighted by Crippen LogP contribution is 2.39. The van der Waals surface area contributed by atoms with Crippen LogP contribution in [0.25, 0.3) is 10.2 Å². The molecule has 152 valence electrons. The van der Waals surface area contributed by atoms with Crippen molar-refractivity contribution in [3.63, 3.8) is 0 Å². The van der Waals surface area contributed by atoms with Gasteiger partial charge in [0, 0.05) is 30.6 Å². The number of ether oxygens (including phenoxy) is 1. The molecule has 30 heavy (non-hydrogen) atoms. The molecular weight excluding hydrogens is 399 g/mol. The molecule has 5 nitrogen and oxygen atoms in total. The molecule has 1 aliphatic rings. The number of aromatic nitrogens is 2. The number of rotatable bonds is 5. The number of nitrogens with one attached hydrogen (secondary N) is 1. The first-order valence-corrected chi connectivity index (χ1v) is 10.6. The quantitative estimate of drug-likeness (QED) is 0.484. The summed E-state index contributed by atoms with van der Waals surface area (Å²) in [5.74, 6) is 0.843. The smallest absolute Gasteiger partial charge is 0.145 e.